The second-order valence-electron chi connectivity index (χ2n) is 4.69. The molecule has 0 aliphatic heterocycles. The van der Waals surface area contributed by atoms with Crippen molar-refractivity contribution in [3.8, 4) is 0 Å². The van der Waals surface area contributed by atoms with E-state index < -0.39 is 0 Å². The van der Waals surface area contributed by atoms with E-state index in [0.29, 0.717) is 13.0 Å². The second kappa shape index (κ2) is 11.9. The van der Waals surface area contributed by atoms with Gasteiger partial charge >= 0.3 is 5.97 Å². The molecule has 0 aliphatic rings. The van der Waals surface area contributed by atoms with Gasteiger partial charge in [-0.15, -0.1) is 0 Å². The molecule has 0 aliphatic carbocycles. The van der Waals surface area contributed by atoms with Crippen LogP contribution in [0.2, 0.25) is 0 Å². The average molecular weight is 244 g/mol. The number of carbonyl (C=O) groups excluding carboxylic acids is 1. The smallest absolute Gasteiger partial charge is 0.302 e. The third-order valence-corrected chi connectivity index (χ3v) is 2.90. The monoisotopic (exact) mass is 244 g/mol. The summed E-state index contributed by atoms with van der Waals surface area (Å²) in [6, 6.07) is 0. The summed E-state index contributed by atoms with van der Waals surface area (Å²) in [5, 5.41) is 9.61. The standard InChI is InChI=1S/C14H28O3/c1-3-4-5-6-7-8-9-10-14(16)11-12-17-13(2)15/h14,16H,3-12H2,1-2H3. The number of esters is 1. The molecule has 0 aromatic rings. The quantitative estimate of drug-likeness (QED) is 0.447. The third kappa shape index (κ3) is 13.4. The van der Waals surface area contributed by atoms with Crippen molar-refractivity contribution >= 4 is 5.97 Å². The fourth-order valence-electron chi connectivity index (χ4n) is 1.82. The molecule has 17 heavy (non-hydrogen) atoms. The number of hydrogen-bond acceptors (Lipinski definition) is 3. The van der Waals surface area contributed by atoms with Crippen LogP contribution in [0.5, 0.6) is 0 Å². The molecule has 0 fully saturated rings. The SMILES string of the molecule is CCCCCCCCCC(O)CCOC(C)=O. The number of rotatable bonds is 11. The lowest BCUT2D eigenvalue weighted by atomic mass is 10.1. The van der Waals surface area contributed by atoms with E-state index in [4.69, 9.17) is 4.74 Å². The summed E-state index contributed by atoms with van der Waals surface area (Å²) in [6.45, 7) is 3.95. The molecule has 1 unspecified atom stereocenters. The van der Waals surface area contributed by atoms with E-state index in [9.17, 15) is 9.90 Å². The summed E-state index contributed by atoms with van der Waals surface area (Å²) >= 11 is 0. The fraction of sp³-hybridized carbons (Fsp3) is 0.929. The van der Waals surface area contributed by atoms with E-state index in [0.717, 1.165) is 12.8 Å². The first-order valence-corrected chi connectivity index (χ1v) is 6.98. The van der Waals surface area contributed by atoms with E-state index in [1.807, 2.05) is 0 Å². The van der Waals surface area contributed by atoms with Crippen LogP contribution in [0.25, 0.3) is 0 Å². The zero-order valence-corrected chi connectivity index (χ0v) is 11.4. The van der Waals surface area contributed by atoms with Crippen molar-refractivity contribution in [3.05, 3.63) is 0 Å². The zero-order chi connectivity index (χ0) is 12.9. The van der Waals surface area contributed by atoms with Crippen molar-refractivity contribution in [2.24, 2.45) is 0 Å². The van der Waals surface area contributed by atoms with Crippen LogP contribution in [-0.2, 0) is 9.53 Å². The maximum absolute atomic E-state index is 10.5. The highest BCUT2D eigenvalue weighted by Crippen LogP contribution is 2.10. The van der Waals surface area contributed by atoms with Gasteiger partial charge in [-0.3, -0.25) is 4.79 Å². The molecule has 0 heterocycles. The normalized spacial score (nSPS) is 12.4. The topological polar surface area (TPSA) is 46.5 Å². The van der Waals surface area contributed by atoms with Gasteiger partial charge in [-0.2, -0.15) is 0 Å². The van der Waals surface area contributed by atoms with Crippen molar-refractivity contribution in [3.63, 3.8) is 0 Å². The molecule has 0 aromatic heterocycles. The molecule has 0 bridgehead atoms. The Bertz CT molecular complexity index is 180. The summed E-state index contributed by atoms with van der Waals surface area (Å²) in [4.78, 5) is 10.5. The van der Waals surface area contributed by atoms with Gasteiger partial charge in [0.15, 0.2) is 0 Å². The van der Waals surface area contributed by atoms with Crippen LogP contribution in [0.3, 0.4) is 0 Å². The Morgan fingerprint density at radius 3 is 2.24 bits per heavy atom. The molecule has 102 valence electrons. The number of aliphatic hydroxyl groups is 1. The summed E-state index contributed by atoms with van der Waals surface area (Å²) in [5.74, 6) is -0.270. The molecule has 0 saturated heterocycles. The zero-order valence-electron chi connectivity index (χ0n) is 11.4. The Morgan fingerprint density at radius 1 is 1.06 bits per heavy atom. The van der Waals surface area contributed by atoms with Crippen LogP contribution in [0.1, 0.15) is 71.6 Å². The number of hydrogen-bond donors (Lipinski definition) is 1. The highest BCUT2D eigenvalue weighted by Gasteiger charge is 2.04. The second-order valence-corrected chi connectivity index (χ2v) is 4.69. The molecule has 0 aromatic carbocycles. The first kappa shape index (κ1) is 16.4. The summed E-state index contributed by atoms with van der Waals surface area (Å²) in [7, 11) is 0. The van der Waals surface area contributed by atoms with Gasteiger partial charge in [0.25, 0.3) is 0 Å². The van der Waals surface area contributed by atoms with Crippen molar-refractivity contribution in [1.82, 2.24) is 0 Å². The Morgan fingerprint density at radius 2 is 1.65 bits per heavy atom. The molecule has 0 radical (unpaired) electrons. The summed E-state index contributed by atoms with van der Waals surface area (Å²) in [6.07, 6.45) is 9.91. The average Bonchev–Trinajstić information content (AvgIpc) is 2.27. The van der Waals surface area contributed by atoms with Crippen LogP contribution in [0.4, 0.5) is 0 Å². The lowest BCUT2D eigenvalue weighted by molar-refractivity contribution is -0.141. The Balaban J connectivity index is 3.16. The predicted molar refractivity (Wildman–Crippen MR) is 69.9 cm³/mol. The van der Waals surface area contributed by atoms with Crippen molar-refractivity contribution < 1.29 is 14.6 Å². The van der Waals surface area contributed by atoms with Crippen LogP contribution in [-0.4, -0.2) is 23.8 Å². The van der Waals surface area contributed by atoms with Crippen molar-refractivity contribution in [1.29, 1.82) is 0 Å². The van der Waals surface area contributed by atoms with Gasteiger partial charge in [0.2, 0.25) is 0 Å². The largest absolute Gasteiger partial charge is 0.466 e. The number of ether oxygens (including phenoxy) is 1. The molecule has 3 heteroatoms. The first-order valence-electron chi connectivity index (χ1n) is 6.98. The van der Waals surface area contributed by atoms with Gasteiger partial charge in [-0.05, 0) is 6.42 Å². The molecule has 0 saturated carbocycles. The third-order valence-electron chi connectivity index (χ3n) is 2.90. The van der Waals surface area contributed by atoms with Crippen molar-refractivity contribution in [2.45, 2.75) is 77.7 Å². The van der Waals surface area contributed by atoms with Gasteiger partial charge in [0.05, 0.1) is 12.7 Å². The molecule has 0 rings (SSSR count). The van der Waals surface area contributed by atoms with Gasteiger partial charge < -0.3 is 9.84 Å². The maximum Gasteiger partial charge on any atom is 0.302 e. The summed E-state index contributed by atoms with van der Waals surface area (Å²) in [5.41, 5.74) is 0. The highest BCUT2D eigenvalue weighted by atomic mass is 16.5. The van der Waals surface area contributed by atoms with Gasteiger partial charge in [-0.1, -0.05) is 51.9 Å². The highest BCUT2D eigenvalue weighted by molar-refractivity contribution is 5.65. The molecule has 1 atom stereocenters. The minimum Gasteiger partial charge on any atom is -0.466 e. The Kier molecular flexibility index (Phi) is 11.5. The van der Waals surface area contributed by atoms with Gasteiger partial charge in [0, 0.05) is 13.3 Å². The summed E-state index contributed by atoms with van der Waals surface area (Å²) < 4.78 is 4.79. The fourth-order valence-corrected chi connectivity index (χ4v) is 1.82. The number of aliphatic hydroxyl groups excluding tert-OH is 1. The molecule has 1 N–H and O–H groups in total. The molecule has 0 amide bonds. The molecule has 3 nitrogen and oxygen atoms in total. The van der Waals surface area contributed by atoms with Crippen molar-refractivity contribution in [2.75, 3.05) is 6.61 Å². The number of carbonyl (C=O) groups is 1. The Labute approximate surface area is 106 Å². The Hall–Kier alpha value is -0.570. The molecular weight excluding hydrogens is 216 g/mol. The molecule has 0 spiro atoms. The van der Waals surface area contributed by atoms with E-state index in [2.05, 4.69) is 6.92 Å². The van der Waals surface area contributed by atoms with Gasteiger partial charge in [-0.25, -0.2) is 0 Å². The lowest BCUT2D eigenvalue weighted by Crippen LogP contribution is -2.12. The first-order chi connectivity index (χ1) is 8.16. The van der Waals surface area contributed by atoms with E-state index in [-0.39, 0.29) is 12.1 Å². The van der Waals surface area contributed by atoms with Crippen LogP contribution < -0.4 is 0 Å². The lowest BCUT2D eigenvalue weighted by Gasteiger charge is -2.10. The minimum atomic E-state index is -0.315. The predicted octanol–water partition coefficient (Wildman–Crippen LogP) is 3.44. The van der Waals surface area contributed by atoms with E-state index in [1.54, 1.807) is 0 Å². The minimum absolute atomic E-state index is 0.270. The molecular formula is C14H28O3. The van der Waals surface area contributed by atoms with Crippen LogP contribution in [0.15, 0.2) is 0 Å². The van der Waals surface area contributed by atoms with Gasteiger partial charge in [0.1, 0.15) is 0 Å². The maximum atomic E-state index is 10.5. The van der Waals surface area contributed by atoms with Crippen LogP contribution >= 0.6 is 0 Å². The van der Waals surface area contributed by atoms with E-state index in [1.165, 1.54) is 45.4 Å². The number of unbranched alkanes of at least 4 members (excludes halogenated alkanes) is 6. The van der Waals surface area contributed by atoms with Crippen LogP contribution in [0, 0.1) is 0 Å². The van der Waals surface area contributed by atoms with E-state index >= 15 is 0 Å².